The summed E-state index contributed by atoms with van der Waals surface area (Å²) in [7, 11) is -3.75. The number of Topliss-reactive ketones (excluding diaryl/α,β-unsaturated/α-hetero) is 1. The highest BCUT2D eigenvalue weighted by molar-refractivity contribution is 7.89. The lowest BCUT2D eigenvalue weighted by Gasteiger charge is -2.44. The molecule has 1 atom stereocenters. The van der Waals surface area contributed by atoms with Crippen LogP contribution >= 0.6 is 0 Å². The molecule has 1 saturated heterocycles. The minimum absolute atomic E-state index is 0.142. The van der Waals surface area contributed by atoms with E-state index in [1.807, 2.05) is 44.2 Å². The van der Waals surface area contributed by atoms with Crippen molar-refractivity contribution >= 4 is 15.8 Å². The molecule has 0 aliphatic carbocycles. The molecule has 1 aliphatic rings. The number of benzene rings is 2. The topological polar surface area (TPSA) is 63.7 Å². The number of sulfonamides is 1. The highest BCUT2D eigenvalue weighted by Crippen LogP contribution is 2.30. The maximum atomic E-state index is 13.3. The van der Waals surface area contributed by atoms with Crippen molar-refractivity contribution in [1.29, 1.82) is 0 Å². The Balaban J connectivity index is 1.89. The van der Waals surface area contributed by atoms with E-state index in [2.05, 4.69) is 0 Å². The van der Waals surface area contributed by atoms with Crippen molar-refractivity contribution in [2.24, 2.45) is 0 Å². The molecular weight excluding hydrogens is 362 g/mol. The van der Waals surface area contributed by atoms with Crippen LogP contribution in [0, 0.1) is 0 Å². The van der Waals surface area contributed by atoms with Gasteiger partial charge in [-0.2, -0.15) is 4.31 Å². The van der Waals surface area contributed by atoms with Crippen LogP contribution in [0.15, 0.2) is 59.5 Å². The van der Waals surface area contributed by atoms with Gasteiger partial charge in [-0.3, -0.25) is 4.79 Å². The van der Waals surface area contributed by atoms with Gasteiger partial charge in [0.2, 0.25) is 10.0 Å². The monoisotopic (exact) mass is 387 g/mol. The van der Waals surface area contributed by atoms with Gasteiger partial charge in [-0.1, -0.05) is 42.5 Å². The molecule has 0 N–H and O–H groups in total. The maximum Gasteiger partial charge on any atom is 0.243 e. The zero-order valence-corrected chi connectivity index (χ0v) is 16.7. The summed E-state index contributed by atoms with van der Waals surface area (Å²) in [6, 6.07) is 16.1. The minimum atomic E-state index is -3.75. The Hall–Kier alpha value is -2.02. The van der Waals surface area contributed by atoms with Gasteiger partial charge in [0.05, 0.1) is 23.1 Å². The van der Waals surface area contributed by atoms with Crippen molar-refractivity contribution in [3.05, 3.63) is 65.7 Å². The Morgan fingerprint density at radius 2 is 1.85 bits per heavy atom. The van der Waals surface area contributed by atoms with E-state index in [0.29, 0.717) is 18.6 Å². The lowest BCUT2D eigenvalue weighted by atomic mass is 10.0. The second kappa shape index (κ2) is 7.54. The van der Waals surface area contributed by atoms with Gasteiger partial charge < -0.3 is 4.74 Å². The fourth-order valence-electron chi connectivity index (χ4n) is 3.31. The molecule has 2 aromatic rings. The molecule has 27 heavy (non-hydrogen) atoms. The zero-order valence-electron chi connectivity index (χ0n) is 15.9. The number of nitrogens with zero attached hydrogens (tertiary/aromatic N) is 1. The summed E-state index contributed by atoms with van der Waals surface area (Å²) in [4.78, 5) is 11.8. The molecule has 0 saturated carbocycles. The van der Waals surface area contributed by atoms with Gasteiger partial charge in [-0.25, -0.2) is 8.42 Å². The van der Waals surface area contributed by atoms with Crippen LogP contribution in [0.1, 0.15) is 36.7 Å². The fraction of sp³-hybridized carbons (Fsp3) is 0.381. The summed E-state index contributed by atoms with van der Waals surface area (Å²) < 4.78 is 34.1. The van der Waals surface area contributed by atoms with Crippen LogP contribution in [0.25, 0.3) is 0 Å². The van der Waals surface area contributed by atoms with Crippen LogP contribution in [0.3, 0.4) is 0 Å². The molecular formula is C21H25NO4S. The first-order chi connectivity index (χ1) is 12.7. The molecule has 2 aromatic carbocycles. The number of hydrogen-bond acceptors (Lipinski definition) is 4. The predicted octanol–water partition coefficient (Wildman–Crippen LogP) is 3.30. The van der Waals surface area contributed by atoms with Gasteiger partial charge in [0.1, 0.15) is 0 Å². The highest BCUT2D eigenvalue weighted by atomic mass is 32.2. The normalized spacial score (nSPS) is 20.3. The smallest absolute Gasteiger partial charge is 0.243 e. The van der Waals surface area contributed by atoms with Crippen molar-refractivity contribution in [1.82, 2.24) is 4.31 Å². The molecule has 144 valence electrons. The van der Waals surface area contributed by atoms with Crippen molar-refractivity contribution in [3.63, 3.8) is 0 Å². The average Bonchev–Trinajstić information content (AvgIpc) is 2.64. The SMILES string of the molecule is CC(=O)c1cccc(S(=O)(=O)N2CC(Cc3ccccc3)OCC2(C)C)c1. The second-order valence-corrected chi connectivity index (χ2v) is 9.42. The predicted molar refractivity (Wildman–Crippen MR) is 104 cm³/mol. The molecule has 5 nitrogen and oxygen atoms in total. The molecule has 0 bridgehead atoms. The standard InChI is InChI=1S/C21H25NO4S/c1-16(23)18-10-7-11-20(13-18)27(24,25)22-14-19(26-15-21(22,2)3)12-17-8-5-4-6-9-17/h4-11,13,19H,12,14-15H2,1-3H3. The summed E-state index contributed by atoms with van der Waals surface area (Å²) in [6.45, 7) is 5.74. The molecule has 0 amide bonds. The molecule has 0 aromatic heterocycles. The van der Waals surface area contributed by atoms with Crippen molar-refractivity contribution < 1.29 is 17.9 Å². The van der Waals surface area contributed by atoms with Crippen molar-refractivity contribution in [2.75, 3.05) is 13.2 Å². The van der Waals surface area contributed by atoms with E-state index in [4.69, 9.17) is 4.74 Å². The largest absolute Gasteiger partial charge is 0.375 e. The Morgan fingerprint density at radius 3 is 2.52 bits per heavy atom. The lowest BCUT2D eigenvalue weighted by Crippen LogP contribution is -2.58. The average molecular weight is 388 g/mol. The quantitative estimate of drug-likeness (QED) is 0.739. The van der Waals surface area contributed by atoms with E-state index in [-0.39, 0.29) is 23.3 Å². The number of rotatable bonds is 5. The van der Waals surface area contributed by atoms with Crippen LogP contribution in [-0.4, -0.2) is 43.3 Å². The summed E-state index contributed by atoms with van der Waals surface area (Å²) >= 11 is 0. The summed E-state index contributed by atoms with van der Waals surface area (Å²) in [5, 5.41) is 0. The van der Waals surface area contributed by atoms with Gasteiger partial charge >= 0.3 is 0 Å². The third-order valence-corrected chi connectivity index (χ3v) is 6.92. The van der Waals surface area contributed by atoms with E-state index in [9.17, 15) is 13.2 Å². The van der Waals surface area contributed by atoms with E-state index in [1.165, 1.54) is 17.3 Å². The Bertz CT molecular complexity index is 922. The molecule has 6 heteroatoms. The van der Waals surface area contributed by atoms with E-state index < -0.39 is 15.6 Å². The fourth-order valence-corrected chi connectivity index (χ4v) is 5.15. The van der Waals surface area contributed by atoms with E-state index in [1.54, 1.807) is 18.2 Å². The van der Waals surface area contributed by atoms with Gasteiger partial charge in [0.25, 0.3) is 0 Å². The number of morpholine rings is 1. The van der Waals surface area contributed by atoms with Gasteiger partial charge in [-0.05, 0) is 44.9 Å². The Labute approximate surface area is 161 Å². The zero-order chi connectivity index (χ0) is 19.7. The van der Waals surface area contributed by atoms with Crippen molar-refractivity contribution in [3.8, 4) is 0 Å². The van der Waals surface area contributed by atoms with Crippen LogP contribution in [0.5, 0.6) is 0 Å². The number of ketones is 1. The Morgan fingerprint density at radius 1 is 1.15 bits per heavy atom. The first-order valence-corrected chi connectivity index (χ1v) is 10.4. The highest BCUT2D eigenvalue weighted by Gasteiger charge is 2.42. The van der Waals surface area contributed by atoms with Crippen LogP contribution < -0.4 is 0 Å². The lowest BCUT2D eigenvalue weighted by molar-refractivity contribution is -0.0629. The first-order valence-electron chi connectivity index (χ1n) is 8.99. The molecule has 1 fully saturated rings. The maximum absolute atomic E-state index is 13.3. The number of carbonyl (C=O) groups excluding carboxylic acids is 1. The number of carbonyl (C=O) groups is 1. The minimum Gasteiger partial charge on any atom is -0.375 e. The van der Waals surface area contributed by atoms with Gasteiger partial charge in [0.15, 0.2) is 5.78 Å². The molecule has 0 spiro atoms. The number of ether oxygens (including phenoxy) is 1. The summed E-state index contributed by atoms with van der Waals surface area (Å²) in [5.41, 5.74) is 0.833. The molecule has 1 heterocycles. The van der Waals surface area contributed by atoms with Gasteiger partial charge in [-0.15, -0.1) is 0 Å². The molecule has 1 unspecified atom stereocenters. The van der Waals surface area contributed by atoms with Crippen molar-refractivity contribution in [2.45, 2.75) is 43.7 Å². The third-order valence-electron chi connectivity index (χ3n) is 4.85. The number of hydrogen-bond donors (Lipinski definition) is 0. The van der Waals surface area contributed by atoms with E-state index in [0.717, 1.165) is 5.56 Å². The Kier molecular flexibility index (Phi) is 5.51. The third kappa shape index (κ3) is 4.29. The molecule has 3 rings (SSSR count). The molecule has 1 aliphatic heterocycles. The summed E-state index contributed by atoms with van der Waals surface area (Å²) in [6.07, 6.45) is 0.433. The van der Waals surface area contributed by atoms with Crippen LogP contribution in [-0.2, 0) is 21.2 Å². The summed E-state index contributed by atoms with van der Waals surface area (Å²) in [5.74, 6) is -0.157. The van der Waals surface area contributed by atoms with Crippen LogP contribution in [0.2, 0.25) is 0 Å². The van der Waals surface area contributed by atoms with Crippen LogP contribution in [0.4, 0.5) is 0 Å². The second-order valence-electron chi connectivity index (χ2n) is 7.56. The van der Waals surface area contributed by atoms with E-state index >= 15 is 0 Å². The first kappa shape index (κ1) is 19.7. The molecule has 0 radical (unpaired) electrons. The van der Waals surface area contributed by atoms with Gasteiger partial charge in [0, 0.05) is 12.1 Å².